The van der Waals surface area contributed by atoms with Crippen molar-refractivity contribution in [3.05, 3.63) is 42.7 Å². The Morgan fingerprint density at radius 3 is 1.25 bits per heavy atom. The van der Waals surface area contributed by atoms with Gasteiger partial charge in [0.15, 0.2) is 0 Å². The summed E-state index contributed by atoms with van der Waals surface area (Å²) in [5.41, 5.74) is 5.67. The summed E-state index contributed by atoms with van der Waals surface area (Å²) in [6.07, 6.45) is 0. The smallest absolute Gasteiger partial charge is 0.0886 e. The Labute approximate surface area is 154 Å². The average molecular weight is 405 g/mol. The van der Waals surface area contributed by atoms with Crippen molar-refractivity contribution in [1.29, 1.82) is 0 Å². The summed E-state index contributed by atoms with van der Waals surface area (Å²) < 4.78 is 0. The standard InChI is InChI=1S/C16H22Cl2Si.Zr/c1-7-9(3)13(17)15(11(7)5)19-16-12(6)8(2)10(4)14(16)18;/h9-10H,19H2,1-6H3;. The Morgan fingerprint density at radius 2 is 1.05 bits per heavy atom. The zero-order valence-corrected chi connectivity index (χ0v) is 18.5. The Morgan fingerprint density at radius 1 is 0.750 bits per heavy atom. The molecule has 4 heteroatoms. The van der Waals surface area contributed by atoms with Crippen LogP contribution in [-0.4, -0.2) is 9.52 Å². The fraction of sp³-hybridized carbons (Fsp3) is 0.500. The predicted octanol–water partition coefficient (Wildman–Crippen LogP) is 5.03. The number of allylic oxidation sites excluding steroid dienone is 8. The maximum absolute atomic E-state index is 6.56. The van der Waals surface area contributed by atoms with Gasteiger partial charge in [-0.25, -0.2) is 0 Å². The van der Waals surface area contributed by atoms with Crippen molar-refractivity contribution >= 4 is 32.7 Å². The van der Waals surface area contributed by atoms with Gasteiger partial charge >= 0.3 is 0 Å². The minimum absolute atomic E-state index is 0. The van der Waals surface area contributed by atoms with Crippen molar-refractivity contribution in [3.8, 4) is 0 Å². The second-order valence-corrected chi connectivity index (χ2v) is 8.47. The number of hydrogen-bond acceptors (Lipinski definition) is 0. The molecular weight excluding hydrogens is 382 g/mol. The molecule has 20 heavy (non-hydrogen) atoms. The fourth-order valence-corrected chi connectivity index (χ4v) is 6.40. The first-order valence-electron chi connectivity index (χ1n) is 6.89. The molecule has 0 spiro atoms. The van der Waals surface area contributed by atoms with Gasteiger partial charge in [-0.05, 0) is 38.1 Å². The minimum Gasteiger partial charge on any atom is -0.0886 e. The molecule has 0 aliphatic heterocycles. The van der Waals surface area contributed by atoms with Crippen molar-refractivity contribution in [3.63, 3.8) is 0 Å². The van der Waals surface area contributed by atoms with Crippen LogP contribution in [0.5, 0.6) is 0 Å². The second kappa shape index (κ2) is 6.82. The molecule has 0 saturated heterocycles. The third-order valence-corrected chi connectivity index (χ3v) is 9.17. The molecule has 2 atom stereocenters. The van der Waals surface area contributed by atoms with Crippen LogP contribution in [0.4, 0.5) is 0 Å². The van der Waals surface area contributed by atoms with Crippen LogP contribution < -0.4 is 0 Å². The van der Waals surface area contributed by atoms with Gasteiger partial charge in [0.05, 0.1) is 9.52 Å². The van der Waals surface area contributed by atoms with Gasteiger partial charge in [0.2, 0.25) is 0 Å². The van der Waals surface area contributed by atoms with Crippen LogP contribution in [0.3, 0.4) is 0 Å². The second-order valence-electron chi connectivity index (χ2n) is 5.89. The van der Waals surface area contributed by atoms with Crippen LogP contribution in [0.25, 0.3) is 0 Å². The molecule has 108 valence electrons. The van der Waals surface area contributed by atoms with E-state index in [-0.39, 0.29) is 26.2 Å². The van der Waals surface area contributed by atoms with E-state index in [0.717, 1.165) is 10.1 Å². The predicted molar refractivity (Wildman–Crippen MR) is 89.4 cm³/mol. The molecule has 0 radical (unpaired) electrons. The molecule has 2 aliphatic rings. The van der Waals surface area contributed by atoms with Crippen molar-refractivity contribution < 1.29 is 26.2 Å². The summed E-state index contributed by atoms with van der Waals surface area (Å²) in [4.78, 5) is 0. The molecule has 0 nitrogen and oxygen atoms in total. The van der Waals surface area contributed by atoms with Crippen LogP contribution in [0.2, 0.25) is 0 Å². The molecule has 2 unspecified atom stereocenters. The third-order valence-electron chi connectivity index (χ3n) is 5.08. The molecule has 0 bridgehead atoms. The summed E-state index contributed by atoms with van der Waals surface area (Å²) >= 11 is 13.1. The van der Waals surface area contributed by atoms with E-state index in [1.54, 1.807) is 0 Å². The van der Waals surface area contributed by atoms with E-state index in [2.05, 4.69) is 41.5 Å². The van der Waals surface area contributed by atoms with Gasteiger partial charge < -0.3 is 0 Å². The van der Waals surface area contributed by atoms with Gasteiger partial charge in [-0.15, -0.1) is 0 Å². The summed E-state index contributed by atoms with van der Waals surface area (Å²) in [6, 6.07) is 0. The Hall–Kier alpha value is 0.640. The van der Waals surface area contributed by atoms with Gasteiger partial charge in [-0.3, -0.25) is 0 Å². The van der Waals surface area contributed by atoms with Crippen LogP contribution in [0, 0.1) is 11.8 Å². The summed E-state index contributed by atoms with van der Waals surface area (Å²) in [7, 11) is -0.573. The van der Waals surface area contributed by atoms with Crippen LogP contribution >= 0.6 is 23.2 Å². The van der Waals surface area contributed by atoms with Crippen molar-refractivity contribution in [2.24, 2.45) is 11.8 Å². The van der Waals surface area contributed by atoms with Crippen LogP contribution in [-0.2, 0) is 26.2 Å². The molecule has 2 aliphatic carbocycles. The first-order valence-corrected chi connectivity index (χ1v) is 9.06. The summed E-state index contributed by atoms with van der Waals surface area (Å²) in [5.74, 6) is 0.792. The third kappa shape index (κ3) is 2.91. The Kier molecular flexibility index (Phi) is 6.37. The van der Waals surface area contributed by atoms with Crippen molar-refractivity contribution in [1.82, 2.24) is 0 Å². The molecule has 0 amide bonds. The normalized spacial score (nSPS) is 27.6. The topological polar surface area (TPSA) is 0 Å². The zero-order chi connectivity index (χ0) is 14.5. The van der Waals surface area contributed by atoms with E-state index < -0.39 is 9.52 Å². The van der Waals surface area contributed by atoms with Gasteiger partial charge in [0.25, 0.3) is 0 Å². The van der Waals surface area contributed by atoms with E-state index in [4.69, 9.17) is 23.2 Å². The number of halogens is 2. The van der Waals surface area contributed by atoms with E-state index in [9.17, 15) is 0 Å². The van der Waals surface area contributed by atoms with Gasteiger partial charge in [-0.2, -0.15) is 0 Å². The molecule has 0 saturated carbocycles. The summed E-state index contributed by atoms with van der Waals surface area (Å²) in [5, 5.41) is 4.95. The SMILES string of the molecule is CC1=C(C)C(C)C(Cl)=C1[SiH2]C1=C(Cl)C(C)C(C)=C1C.[Zr]. The summed E-state index contributed by atoms with van der Waals surface area (Å²) in [6.45, 7) is 13.2. The molecular formula is C16H22Cl2SiZr. The Bertz CT molecular complexity index is 517. The maximum Gasteiger partial charge on any atom is 0.0912 e. The van der Waals surface area contributed by atoms with Crippen molar-refractivity contribution in [2.45, 2.75) is 41.5 Å². The molecule has 0 fully saturated rings. The average Bonchev–Trinajstić information content (AvgIpc) is 2.68. The minimum atomic E-state index is -0.573. The van der Waals surface area contributed by atoms with E-state index in [0.29, 0.717) is 11.8 Å². The zero-order valence-electron chi connectivity index (χ0n) is 13.1. The maximum atomic E-state index is 6.56. The molecule has 0 N–H and O–H groups in total. The monoisotopic (exact) mass is 402 g/mol. The van der Waals surface area contributed by atoms with Gasteiger partial charge in [0, 0.05) is 48.1 Å². The first-order chi connectivity index (χ1) is 8.77. The Balaban J connectivity index is 0.00000200. The number of rotatable bonds is 2. The molecule has 0 aromatic carbocycles. The van der Waals surface area contributed by atoms with Crippen molar-refractivity contribution in [2.75, 3.05) is 0 Å². The van der Waals surface area contributed by atoms with E-state index >= 15 is 0 Å². The largest absolute Gasteiger partial charge is 0.0912 e. The molecule has 2 rings (SSSR count). The molecule has 0 heterocycles. The molecule has 0 aromatic heterocycles. The first kappa shape index (κ1) is 18.7. The quantitative estimate of drug-likeness (QED) is 0.567. The van der Waals surface area contributed by atoms with Gasteiger partial charge in [-0.1, -0.05) is 59.3 Å². The van der Waals surface area contributed by atoms with Gasteiger partial charge in [0.1, 0.15) is 0 Å². The van der Waals surface area contributed by atoms with Crippen LogP contribution in [0.15, 0.2) is 42.7 Å². The van der Waals surface area contributed by atoms with Crippen LogP contribution in [0.1, 0.15) is 41.5 Å². The molecule has 0 aromatic rings. The fourth-order valence-electron chi connectivity index (χ4n) is 3.00. The number of hydrogen-bond donors (Lipinski definition) is 0. The van der Waals surface area contributed by atoms with E-state index in [1.807, 2.05) is 0 Å². The van der Waals surface area contributed by atoms with E-state index in [1.165, 1.54) is 32.7 Å².